The summed E-state index contributed by atoms with van der Waals surface area (Å²) in [5, 5.41) is 2.47. The summed E-state index contributed by atoms with van der Waals surface area (Å²) in [5.41, 5.74) is 1.02. The Labute approximate surface area is 103 Å². The highest BCUT2D eigenvalue weighted by atomic mass is 16.5. The maximum atomic E-state index is 11.5. The average Bonchev–Trinajstić information content (AvgIpc) is 2.38. The first-order valence-corrected chi connectivity index (χ1v) is 5.40. The number of pyridine rings is 1. The Kier molecular flexibility index (Phi) is 3.76. The highest BCUT2D eigenvalue weighted by molar-refractivity contribution is 5.84. The maximum Gasteiger partial charge on any atom is 0.411 e. The van der Waals surface area contributed by atoms with Crippen LogP contribution in [0.1, 0.15) is 5.56 Å². The second-order valence-corrected chi connectivity index (χ2v) is 3.63. The third-order valence-corrected chi connectivity index (χ3v) is 2.23. The van der Waals surface area contributed by atoms with Gasteiger partial charge in [0.05, 0.1) is 5.69 Å². The molecule has 0 radical (unpaired) electrons. The van der Waals surface area contributed by atoms with Gasteiger partial charge in [0.1, 0.15) is 6.61 Å². The second-order valence-electron chi connectivity index (χ2n) is 3.63. The summed E-state index contributed by atoms with van der Waals surface area (Å²) in [6.45, 7) is 0.190. The number of hydrogen-bond donors (Lipinski definition) is 2. The normalized spacial score (nSPS) is 9.78. The number of carbonyl (C=O) groups is 1. The van der Waals surface area contributed by atoms with Crippen molar-refractivity contribution in [1.29, 1.82) is 0 Å². The van der Waals surface area contributed by atoms with E-state index in [1.807, 2.05) is 30.3 Å². The Morgan fingerprint density at radius 1 is 1.22 bits per heavy atom. The van der Waals surface area contributed by atoms with Crippen LogP contribution >= 0.6 is 0 Å². The lowest BCUT2D eigenvalue weighted by Gasteiger charge is -2.06. The van der Waals surface area contributed by atoms with E-state index >= 15 is 0 Å². The van der Waals surface area contributed by atoms with Crippen LogP contribution in [0.4, 0.5) is 10.5 Å². The zero-order chi connectivity index (χ0) is 12.8. The lowest BCUT2D eigenvalue weighted by Crippen LogP contribution is -2.15. The van der Waals surface area contributed by atoms with Crippen molar-refractivity contribution in [3.63, 3.8) is 0 Å². The Bertz CT molecular complexity index is 578. The fourth-order valence-electron chi connectivity index (χ4n) is 1.40. The number of carbonyl (C=O) groups excluding carboxylic acids is 1. The van der Waals surface area contributed by atoms with E-state index in [4.69, 9.17) is 4.74 Å². The quantitative estimate of drug-likeness (QED) is 0.868. The van der Waals surface area contributed by atoms with Crippen molar-refractivity contribution in [2.45, 2.75) is 6.61 Å². The van der Waals surface area contributed by atoms with Gasteiger partial charge in [0.25, 0.3) is 0 Å². The number of aromatic nitrogens is 1. The van der Waals surface area contributed by atoms with Crippen molar-refractivity contribution in [2.75, 3.05) is 5.32 Å². The van der Waals surface area contributed by atoms with Crippen LogP contribution in [0.2, 0.25) is 0 Å². The molecule has 1 aromatic carbocycles. The minimum absolute atomic E-state index is 0.190. The van der Waals surface area contributed by atoms with Crippen molar-refractivity contribution >= 4 is 11.8 Å². The Hall–Kier alpha value is -2.56. The molecule has 0 bridgehead atoms. The van der Waals surface area contributed by atoms with Gasteiger partial charge in [-0.2, -0.15) is 0 Å². The molecule has 0 saturated carbocycles. The number of ether oxygens (including phenoxy) is 1. The highest BCUT2D eigenvalue weighted by Gasteiger charge is 2.03. The largest absolute Gasteiger partial charge is 0.444 e. The monoisotopic (exact) mass is 244 g/mol. The van der Waals surface area contributed by atoms with Crippen molar-refractivity contribution in [2.24, 2.45) is 0 Å². The first kappa shape index (κ1) is 11.9. The molecule has 2 rings (SSSR count). The van der Waals surface area contributed by atoms with E-state index in [1.54, 1.807) is 6.07 Å². The topological polar surface area (TPSA) is 71.2 Å². The molecule has 0 unspecified atom stereocenters. The van der Waals surface area contributed by atoms with Crippen LogP contribution in [-0.2, 0) is 11.3 Å². The molecule has 0 aliphatic carbocycles. The van der Waals surface area contributed by atoms with Crippen molar-refractivity contribution < 1.29 is 9.53 Å². The molecule has 0 spiro atoms. The molecule has 92 valence electrons. The van der Waals surface area contributed by atoms with E-state index in [0.717, 1.165) is 5.56 Å². The van der Waals surface area contributed by atoms with Gasteiger partial charge in [-0.05, 0) is 11.6 Å². The number of benzene rings is 1. The van der Waals surface area contributed by atoms with Gasteiger partial charge < -0.3 is 9.72 Å². The number of amides is 1. The smallest absolute Gasteiger partial charge is 0.411 e. The zero-order valence-electron chi connectivity index (χ0n) is 9.55. The van der Waals surface area contributed by atoms with Crippen LogP contribution in [0.3, 0.4) is 0 Å². The predicted octanol–water partition coefficient (Wildman–Crippen LogP) is 2.12. The lowest BCUT2D eigenvalue weighted by molar-refractivity contribution is 0.155. The third-order valence-electron chi connectivity index (χ3n) is 2.23. The predicted molar refractivity (Wildman–Crippen MR) is 67.3 cm³/mol. The van der Waals surface area contributed by atoms with Crippen LogP contribution in [-0.4, -0.2) is 11.1 Å². The average molecular weight is 244 g/mol. The van der Waals surface area contributed by atoms with Crippen molar-refractivity contribution in [3.05, 3.63) is 64.6 Å². The van der Waals surface area contributed by atoms with E-state index < -0.39 is 6.09 Å². The number of aromatic amines is 1. The third kappa shape index (κ3) is 3.48. The van der Waals surface area contributed by atoms with Gasteiger partial charge in [0, 0.05) is 12.3 Å². The number of nitrogens with one attached hydrogen (secondary N) is 2. The highest BCUT2D eigenvalue weighted by Crippen LogP contribution is 2.04. The number of H-pyrrole nitrogens is 1. The van der Waals surface area contributed by atoms with Gasteiger partial charge in [-0.25, -0.2) is 4.79 Å². The summed E-state index contributed by atoms with van der Waals surface area (Å²) in [5.74, 6) is 0. The minimum Gasteiger partial charge on any atom is -0.444 e. The van der Waals surface area contributed by atoms with E-state index in [1.165, 1.54) is 12.3 Å². The molecule has 0 fully saturated rings. The summed E-state index contributed by atoms with van der Waals surface area (Å²) in [7, 11) is 0. The zero-order valence-corrected chi connectivity index (χ0v) is 9.55. The number of anilines is 1. The Morgan fingerprint density at radius 3 is 2.72 bits per heavy atom. The molecule has 0 saturated heterocycles. The van der Waals surface area contributed by atoms with Gasteiger partial charge in [0.2, 0.25) is 5.56 Å². The molecular formula is C13H12N2O3. The molecule has 5 nitrogen and oxygen atoms in total. The standard InChI is InChI=1S/C13H12N2O3/c16-12-8-11(6-7-14-12)15-13(17)18-9-10-4-2-1-3-5-10/h1-8H,9H2,(H2,14,15,16,17). The maximum absolute atomic E-state index is 11.5. The van der Waals surface area contributed by atoms with E-state index in [2.05, 4.69) is 10.3 Å². The molecule has 1 aromatic heterocycles. The van der Waals surface area contributed by atoms with Gasteiger partial charge in [-0.3, -0.25) is 10.1 Å². The van der Waals surface area contributed by atoms with Crippen LogP contribution < -0.4 is 10.9 Å². The van der Waals surface area contributed by atoms with Crippen LogP contribution in [0.15, 0.2) is 53.5 Å². The summed E-state index contributed by atoms with van der Waals surface area (Å²) >= 11 is 0. The minimum atomic E-state index is -0.593. The van der Waals surface area contributed by atoms with Crippen molar-refractivity contribution in [3.8, 4) is 0 Å². The fourth-order valence-corrected chi connectivity index (χ4v) is 1.40. The molecule has 2 N–H and O–H groups in total. The SMILES string of the molecule is O=C(Nc1cc[nH]c(=O)c1)OCc1ccccc1. The number of hydrogen-bond acceptors (Lipinski definition) is 3. The molecule has 0 aliphatic heterocycles. The summed E-state index contributed by atoms with van der Waals surface area (Å²) < 4.78 is 5.01. The summed E-state index contributed by atoms with van der Waals surface area (Å²) in [6.07, 6.45) is 0.860. The Morgan fingerprint density at radius 2 is 2.00 bits per heavy atom. The molecule has 18 heavy (non-hydrogen) atoms. The molecule has 5 heteroatoms. The van der Waals surface area contributed by atoms with Crippen LogP contribution in [0.25, 0.3) is 0 Å². The Balaban J connectivity index is 1.88. The fraction of sp³-hybridized carbons (Fsp3) is 0.0769. The van der Waals surface area contributed by atoms with E-state index in [9.17, 15) is 9.59 Å². The van der Waals surface area contributed by atoms with Gasteiger partial charge in [-0.1, -0.05) is 30.3 Å². The van der Waals surface area contributed by atoms with Gasteiger partial charge in [0.15, 0.2) is 0 Å². The molecule has 2 aromatic rings. The lowest BCUT2D eigenvalue weighted by atomic mass is 10.2. The van der Waals surface area contributed by atoms with E-state index in [-0.39, 0.29) is 12.2 Å². The first-order chi connectivity index (χ1) is 8.74. The molecule has 0 aliphatic rings. The number of rotatable bonds is 3. The molecule has 0 atom stereocenters. The second kappa shape index (κ2) is 5.67. The van der Waals surface area contributed by atoms with Crippen LogP contribution in [0, 0.1) is 0 Å². The summed E-state index contributed by atoms with van der Waals surface area (Å²) in [6, 6.07) is 12.2. The van der Waals surface area contributed by atoms with Crippen molar-refractivity contribution in [1.82, 2.24) is 4.98 Å². The van der Waals surface area contributed by atoms with Gasteiger partial charge >= 0.3 is 6.09 Å². The van der Waals surface area contributed by atoms with Gasteiger partial charge in [-0.15, -0.1) is 0 Å². The molecular weight excluding hydrogens is 232 g/mol. The molecule has 1 heterocycles. The summed E-state index contributed by atoms with van der Waals surface area (Å²) in [4.78, 5) is 24.9. The molecule has 1 amide bonds. The van der Waals surface area contributed by atoms with E-state index in [0.29, 0.717) is 5.69 Å². The van der Waals surface area contributed by atoms with Crippen LogP contribution in [0.5, 0.6) is 0 Å². The first-order valence-electron chi connectivity index (χ1n) is 5.40.